The Morgan fingerprint density at radius 2 is 2.00 bits per heavy atom. The van der Waals surface area contributed by atoms with E-state index in [9.17, 15) is 18.0 Å². The van der Waals surface area contributed by atoms with Gasteiger partial charge in [-0.3, -0.25) is 0 Å². The molecule has 1 aliphatic heterocycles. The molecule has 0 aliphatic carbocycles. The average molecular weight is 393 g/mol. The number of hydrogen-bond acceptors (Lipinski definition) is 5. The molecule has 0 radical (unpaired) electrons. The van der Waals surface area contributed by atoms with Crippen molar-refractivity contribution in [2.45, 2.75) is 25.4 Å². The lowest BCUT2D eigenvalue weighted by molar-refractivity contribution is -0.136. The molecule has 1 fully saturated rings. The molecule has 0 amide bonds. The normalized spacial score (nSPS) is 15.5. The second-order valence-electron chi connectivity index (χ2n) is 6.09. The predicted octanol–water partition coefficient (Wildman–Crippen LogP) is 3.27. The van der Waals surface area contributed by atoms with Crippen LogP contribution in [0.4, 0.5) is 18.9 Å². The molecule has 1 aromatic heterocycles. The third kappa shape index (κ3) is 5.01. The van der Waals surface area contributed by atoms with Crippen molar-refractivity contribution in [2.75, 3.05) is 25.0 Å². The van der Waals surface area contributed by atoms with E-state index in [1.807, 2.05) is 0 Å². The number of alkyl halides is 3. The number of aromatic nitrogens is 2. The molecule has 0 atom stereocenters. The number of anilines is 1. The maximum atomic E-state index is 13.2. The van der Waals surface area contributed by atoms with Gasteiger partial charge in [0.15, 0.2) is 0 Å². The highest BCUT2D eigenvalue weighted by atomic mass is 35.5. The standard InChI is InChI=1S/C16H19F3N4O2.ClH/c17-16(18,19)12-2-1-11(14-22-23-15(24)25-14)9-13(12)21-8-5-10-3-6-20-7-4-10;/h1-2,9-10,20-21H,3-8H2,(H,23,24);1H. The van der Waals surface area contributed by atoms with Crippen molar-refractivity contribution in [3.63, 3.8) is 0 Å². The molecule has 26 heavy (non-hydrogen) atoms. The van der Waals surface area contributed by atoms with Crippen molar-refractivity contribution in [1.29, 1.82) is 0 Å². The third-order valence-corrected chi connectivity index (χ3v) is 4.34. The molecule has 1 aromatic carbocycles. The van der Waals surface area contributed by atoms with Crippen LogP contribution in [0.15, 0.2) is 27.4 Å². The molecule has 3 rings (SSSR count). The summed E-state index contributed by atoms with van der Waals surface area (Å²) >= 11 is 0. The van der Waals surface area contributed by atoms with Crippen LogP contribution in [-0.4, -0.2) is 29.8 Å². The van der Waals surface area contributed by atoms with Gasteiger partial charge in [-0.05, 0) is 56.5 Å². The van der Waals surface area contributed by atoms with E-state index < -0.39 is 17.5 Å². The van der Waals surface area contributed by atoms with Crippen molar-refractivity contribution in [1.82, 2.24) is 15.5 Å². The minimum absolute atomic E-state index is 0. The summed E-state index contributed by atoms with van der Waals surface area (Å²) in [6.45, 7) is 2.35. The molecule has 2 heterocycles. The maximum absolute atomic E-state index is 13.2. The van der Waals surface area contributed by atoms with Crippen LogP contribution in [0.3, 0.4) is 0 Å². The highest BCUT2D eigenvalue weighted by molar-refractivity contribution is 5.85. The Balaban J connectivity index is 0.00000243. The monoisotopic (exact) mass is 392 g/mol. The van der Waals surface area contributed by atoms with E-state index in [1.54, 1.807) is 0 Å². The zero-order valence-electron chi connectivity index (χ0n) is 13.9. The van der Waals surface area contributed by atoms with Crippen LogP contribution in [-0.2, 0) is 6.18 Å². The molecule has 10 heteroatoms. The first-order valence-corrected chi connectivity index (χ1v) is 8.15. The summed E-state index contributed by atoms with van der Waals surface area (Å²) in [6, 6.07) is 3.52. The van der Waals surface area contributed by atoms with Crippen molar-refractivity contribution >= 4 is 18.1 Å². The number of nitrogens with zero attached hydrogens (tertiary/aromatic N) is 1. The quantitative estimate of drug-likeness (QED) is 0.727. The molecule has 1 saturated heterocycles. The van der Waals surface area contributed by atoms with Gasteiger partial charge in [-0.2, -0.15) is 13.2 Å². The highest BCUT2D eigenvalue weighted by Crippen LogP contribution is 2.37. The second-order valence-corrected chi connectivity index (χ2v) is 6.09. The summed E-state index contributed by atoms with van der Waals surface area (Å²) in [5.41, 5.74) is -0.486. The molecule has 0 unspecified atom stereocenters. The second kappa shape index (κ2) is 8.59. The van der Waals surface area contributed by atoms with Crippen LogP contribution in [0.25, 0.3) is 11.5 Å². The molecule has 144 valence electrons. The van der Waals surface area contributed by atoms with E-state index in [-0.39, 0.29) is 24.0 Å². The Kier molecular flexibility index (Phi) is 6.71. The summed E-state index contributed by atoms with van der Waals surface area (Å²) in [6.07, 6.45) is -1.60. The van der Waals surface area contributed by atoms with E-state index in [0.29, 0.717) is 18.0 Å². The van der Waals surface area contributed by atoms with E-state index in [0.717, 1.165) is 38.4 Å². The third-order valence-electron chi connectivity index (χ3n) is 4.34. The molecule has 1 aliphatic rings. The largest absolute Gasteiger partial charge is 0.434 e. The van der Waals surface area contributed by atoms with Crippen molar-refractivity contribution in [3.05, 3.63) is 34.3 Å². The Morgan fingerprint density at radius 3 is 2.62 bits per heavy atom. The molecule has 0 spiro atoms. The van der Waals surface area contributed by atoms with Gasteiger partial charge in [-0.1, -0.05) is 0 Å². The highest BCUT2D eigenvalue weighted by Gasteiger charge is 2.33. The molecule has 0 saturated carbocycles. The fourth-order valence-electron chi connectivity index (χ4n) is 3.01. The SMILES string of the molecule is Cl.O=c1[nH]nc(-c2ccc(C(F)(F)F)c(NCCC3CCNCC3)c2)o1. The maximum Gasteiger partial charge on any atom is 0.434 e. The van der Waals surface area contributed by atoms with Crippen molar-refractivity contribution in [2.24, 2.45) is 5.92 Å². The topological polar surface area (TPSA) is 83.0 Å². The van der Waals surface area contributed by atoms with E-state index >= 15 is 0 Å². The fourth-order valence-corrected chi connectivity index (χ4v) is 3.01. The Labute approximate surface area is 154 Å². The van der Waals surface area contributed by atoms with Gasteiger partial charge < -0.3 is 15.1 Å². The lowest BCUT2D eigenvalue weighted by Gasteiger charge is -2.23. The molecule has 3 N–H and O–H groups in total. The van der Waals surface area contributed by atoms with Gasteiger partial charge in [0, 0.05) is 17.8 Å². The van der Waals surface area contributed by atoms with Gasteiger partial charge in [-0.25, -0.2) is 9.89 Å². The first kappa shape index (κ1) is 20.3. The Bertz CT molecular complexity index is 769. The van der Waals surface area contributed by atoms with E-state index in [1.165, 1.54) is 12.1 Å². The lowest BCUT2D eigenvalue weighted by atomic mass is 9.94. The number of hydrogen-bond donors (Lipinski definition) is 3. The number of benzene rings is 1. The van der Waals surface area contributed by atoms with Gasteiger partial charge in [0.25, 0.3) is 0 Å². The summed E-state index contributed by atoms with van der Waals surface area (Å²) in [5.74, 6) is -0.286. The van der Waals surface area contributed by atoms with Crippen LogP contribution in [0, 0.1) is 5.92 Å². The van der Waals surface area contributed by atoms with Crippen LogP contribution in [0.5, 0.6) is 0 Å². The minimum Gasteiger partial charge on any atom is -0.388 e. The zero-order valence-corrected chi connectivity index (χ0v) is 14.7. The predicted molar refractivity (Wildman–Crippen MR) is 93.5 cm³/mol. The average Bonchev–Trinajstić information content (AvgIpc) is 3.01. The number of rotatable bonds is 5. The van der Waals surface area contributed by atoms with Gasteiger partial charge >= 0.3 is 11.9 Å². The van der Waals surface area contributed by atoms with Crippen molar-refractivity contribution < 1.29 is 17.6 Å². The Hall–Kier alpha value is -2.00. The number of H-pyrrole nitrogens is 1. The lowest BCUT2D eigenvalue weighted by Crippen LogP contribution is -2.28. The first-order chi connectivity index (χ1) is 11.9. The Morgan fingerprint density at radius 1 is 1.27 bits per heavy atom. The smallest absolute Gasteiger partial charge is 0.388 e. The van der Waals surface area contributed by atoms with Gasteiger partial charge in [0.05, 0.1) is 5.56 Å². The summed E-state index contributed by atoms with van der Waals surface area (Å²) in [5, 5.41) is 11.9. The van der Waals surface area contributed by atoms with Gasteiger partial charge in [0.1, 0.15) is 0 Å². The van der Waals surface area contributed by atoms with Gasteiger partial charge in [0.2, 0.25) is 5.89 Å². The number of nitrogens with one attached hydrogen (secondary N) is 3. The van der Waals surface area contributed by atoms with Crippen LogP contribution in [0.1, 0.15) is 24.8 Å². The van der Waals surface area contributed by atoms with Gasteiger partial charge in [-0.15, -0.1) is 17.5 Å². The molecule has 2 aromatic rings. The molecular weight excluding hydrogens is 373 g/mol. The summed E-state index contributed by atoms with van der Waals surface area (Å²) < 4.78 is 44.5. The first-order valence-electron chi connectivity index (χ1n) is 8.15. The zero-order chi connectivity index (χ0) is 17.9. The van der Waals surface area contributed by atoms with Crippen LogP contribution in [0.2, 0.25) is 0 Å². The number of halogens is 4. The van der Waals surface area contributed by atoms with E-state index in [2.05, 4.69) is 20.8 Å². The van der Waals surface area contributed by atoms with Crippen molar-refractivity contribution in [3.8, 4) is 11.5 Å². The van der Waals surface area contributed by atoms with E-state index in [4.69, 9.17) is 4.42 Å². The molecule has 6 nitrogen and oxygen atoms in total. The minimum atomic E-state index is -4.47. The number of piperidine rings is 1. The molecule has 0 bridgehead atoms. The summed E-state index contributed by atoms with van der Waals surface area (Å²) in [7, 11) is 0. The number of aromatic amines is 1. The fraction of sp³-hybridized carbons (Fsp3) is 0.500. The van der Waals surface area contributed by atoms with Crippen LogP contribution >= 0.6 is 12.4 Å². The molecular formula is C16H20ClF3N4O2. The summed E-state index contributed by atoms with van der Waals surface area (Å²) in [4.78, 5) is 11.0. The van der Waals surface area contributed by atoms with Crippen LogP contribution < -0.4 is 16.4 Å².